The lowest BCUT2D eigenvalue weighted by Gasteiger charge is -2.37. The zero-order chi connectivity index (χ0) is 25.1. The maximum atomic E-state index is 14.5. The van der Waals surface area contributed by atoms with Crippen molar-refractivity contribution in [3.05, 3.63) is 72.5 Å². The van der Waals surface area contributed by atoms with Gasteiger partial charge in [-0.1, -0.05) is 36.4 Å². The lowest BCUT2D eigenvalue weighted by atomic mass is 9.96. The molecule has 0 aromatic heterocycles. The number of hydrogen-bond donors (Lipinski definition) is 0. The largest absolute Gasteiger partial charge is 0.460 e. The van der Waals surface area contributed by atoms with Gasteiger partial charge in [0, 0.05) is 12.3 Å². The maximum absolute atomic E-state index is 14.5. The molecule has 180 valence electrons. The van der Waals surface area contributed by atoms with E-state index in [2.05, 4.69) is 9.73 Å². The summed E-state index contributed by atoms with van der Waals surface area (Å²) in [5, 5.41) is 0. The summed E-state index contributed by atoms with van der Waals surface area (Å²) in [7, 11) is 0. The minimum Gasteiger partial charge on any atom is -0.455 e. The van der Waals surface area contributed by atoms with Gasteiger partial charge in [0.05, 0.1) is 5.69 Å². The van der Waals surface area contributed by atoms with E-state index in [1.54, 1.807) is 0 Å². The van der Waals surface area contributed by atoms with Gasteiger partial charge in [-0.3, -0.25) is 4.99 Å². The third kappa shape index (κ3) is 4.96. The van der Waals surface area contributed by atoms with Crippen molar-refractivity contribution in [3.63, 3.8) is 0 Å². The first kappa shape index (κ1) is 26.1. The molecule has 0 N–H and O–H groups in total. The highest BCUT2D eigenvalue weighted by molar-refractivity contribution is 5.75. The predicted molar refractivity (Wildman–Crippen MR) is 95.6 cm³/mol. The second kappa shape index (κ2) is 9.02. The van der Waals surface area contributed by atoms with Crippen LogP contribution in [0.25, 0.3) is 0 Å². The van der Waals surface area contributed by atoms with Crippen molar-refractivity contribution in [2.75, 3.05) is 0 Å². The zero-order valence-corrected chi connectivity index (χ0v) is 15.9. The molecule has 0 amide bonds. The van der Waals surface area contributed by atoms with E-state index in [4.69, 9.17) is 0 Å². The Kier molecular flexibility index (Phi) is 7.15. The zero-order valence-electron chi connectivity index (χ0n) is 15.9. The summed E-state index contributed by atoms with van der Waals surface area (Å²) in [5.74, 6) is -31.6. The Morgan fingerprint density at radius 1 is 0.636 bits per heavy atom. The van der Waals surface area contributed by atoms with Gasteiger partial charge in [0.1, 0.15) is 5.75 Å². The number of ether oxygens (including phenoxy) is 1. The Bertz CT molecular complexity index is 984. The van der Waals surface area contributed by atoms with Crippen LogP contribution in [-0.2, 0) is 0 Å². The van der Waals surface area contributed by atoms with Crippen molar-refractivity contribution < 1.29 is 53.0 Å². The highest BCUT2D eigenvalue weighted by atomic mass is 19.4. The fourth-order valence-electron chi connectivity index (χ4n) is 2.25. The van der Waals surface area contributed by atoms with Gasteiger partial charge in [0.15, 0.2) is 5.76 Å². The second-order valence-corrected chi connectivity index (χ2v) is 6.36. The molecule has 2 rings (SSSR count). The van der Waals surface area contributed by atoms with Gasteiger partial charge in [0.2, 0.25) is 0 Å². The summed E-state index contributed by atoms with van der Waals surface area (Å²) in [6.07, 6.45) is -6.90. The highest BCUT2D eigenvalue weighted by Gasteiger charge is 2.88. The molecule has 0 fully saturated rings. The van der Waals surface area contributed by atoms with Crippen LogP contribution >= 0.6 is 0 Å². The van der Waals surface area contributed by atoms with Gasteiger partial charge < -0.3 is 4.74 Å². The molecule has 0 aliphatic heterocycles. The molecule has 2 aromatic carbocycles. The molecule has 2 aromatic rings. The van der Waals surface area contributed by atoms with Crippen molar-refractivity contribution in [3.8, 4) is 5.75 Å². The number of halogens is 11. The molecule has 0 saturated carbocycles. The third-order valence-electron chi connectivity index (χ3n) is 4.03. The van der Waals surface area contributed by atoms with Crippen molar-refractivity contribution in [2.45, 2.75) is 29.9 Å². The first-order chi connectivity index (χ1) is 15.1. The second-order valence-electron chi connectivity index (χ2n) is 6.36. The van der Waals surface area contributed by atoms with Crippen LogP contribution in [0, 0.1) is 0 Å². The van der Waals surface area contributed by atoms with Crippen LogP contribution in [0.15, 0.2) is 77.5 Å². The lowest BCUT2D eigenvalue weighted by molar-refractivity contribution is -0.419. The molecule has 0 aliphatic rings. The normalized spacial score (nSPS) is 14.6. The molecule has 2 nitrogen and oxygen atoms in total. The molecule has 0 atom stereocenters. The van der Waals surface area contributed by atoms with Crippen LogP contribution in [0.5, 0.6) is 5.75 Å². The molecular weight excluding hydrogens is 479 g/mol. The van der Waals surface area contributed by atoms with E-state index in [1.807, 2.05) is 0 Å². The van der Waals surface area contributed by atoms with E-state index >= 15 is 0 Å². The predicted octanol–water partition coefficient (Wildman–Crippen LogP) is 7.46. The number of rotatable bonds is 8. The number of allylic oxidation sites excluding steroid dienone is 2. The first-order valence-electron chi connectivity index (χ1n) is 8.66. The monoisotopic (exact) mass is 491 g/mol. The van der Waals surface area contributed by atoms with Crippen molar-refractivity contribution in [1.29, 1.82) is 0 Å². The number of hydrogen-bond acceptors (Lipinski definition) is 2. The number of aliphatic imine (C=N–C) groups is 1. The van der Waals surface area contributed by atoms with Crippen molar-refractivity contribution in [2.24, 2.45) is 4.99 Å². The Labute approximate surface area is 179 Å². The van der Waals surface area contributed by atoms with E-state index in [9.17, 15) is 48.3 Å². The molecular formula is C20H12F11NO. The number of nitrogens with zero attached hydrogens (tertiary/aromatic N) is 1. The number of benzene rings is 2. The minimum atomic E-state index is -7.56. The molecule has 0 saturated heterocycles. The Morgan fingerprint density at radius 2 is 1.12 bits per heavy atom. The molecule has 33 heavy (non-hydrogen) atoms. The van der Waals surface area contributed by atoms with E-state index in [0.29, 0.717) is 6.21 Å². The average Bonchev–Trinajstić information content (AvgIpc) is 2.73. The lowest BCUT2D eigenvalue weighted by Crippen LogP contribution is -2.67. The molecule has 13 heteroatoms. The van der Waals surface area contributed by atoms with Crippen LogP contribution in [0.4, 0.5) is 54.0 Å². The minimum absolute atomic E-state index is 0.0459. The molecule has 0 unspecified atom stereocenters. The van der Waals surface area contributed by atoms with E-state index in [-0.39, 0.29) is 11.8 Å². The summed E-state index contributed by atoms with van der Waals surface area (Å²) in [5.41, 5.74) is 0.0804. The summed E-state index contributed by atoms with van der Waals surface area (Å²) in [6.45, 7) is 0. The average molecular weight is 491 g/mol. The van der Waals surface area contributed by atoms with Crippen LogP contribution in [0.1, 0.15) is 0 Å². The van der Waals surface area contributed by atoms with Gasteiger partial charge in [-0.2, -0.15) is 48.3 Å². The number of para-hydroxylation sites is 2. The summed E-state index contributed by atoms with van der Waals surface area (Å²) in [6, 6.07) is 12.6. The Hall–Kier alpha value is -3.12. The summed E-state index contributed by atoms with van der Waals surface area (Å²) in [4.78, 5) is 3.56. The Morgan fingerprint density at radius 3 is 1.61 bits per heavy atom. The van der Waals surface area contributed by atoms with E-state index in [1.165, 1.54) is 36.4 Å². The third-order valence-corrected chi connectivity index (χ3v) is 4.03. The SMILES string of the molecule is FC(F)(F)C(F)(F)C(F)(F)C(F)(F)C(F)(F)/C(=C/C=Nc1ccccc1)Oc1ccccc1. The molecule has 0 heterocycles. The smallest absolute Gasteiger partial charge is 0.455 e. The molecule has 0 bridgehead atoms. The molecule has 0 aliphatic carbocycles. The molecule has 0 spiro atoms. The number of alkyl halides is 11. The van der Waals surface area contributed by atoms with Crippen LogP contribution in [0.3, 0.4) is 0 Å². The van der Waals surface area contributed by atoms with Gasteiger partial charge >= 0.3 is 29.9 Å². The van der Waals surface area contributed by atoms with E-state index < -0.39 is 41.4 Å². The quantitative estimate of drug-likeness (QED) is 0.214. The fourth-order valence-corrected chi connectivity index (χ4v) is 2.25. The van der Waals surface area contributed by atoms with Crippen LogP contribution in [-0.4, -0.2) is 36.1 Å². The van der Waals surface area contributed by atoms with Gasteiger partial charge in [-0.05, 0) is 24.3 Å². The molecule has 0 radical (unpaired) electrons. The van der Waals surface area contributed by atoms with Gasteiger partial charge in [-0.25, -0.2) is 0 Å². The summed E-state index contributed by atoms with van der Waals surface area (Å²) < 4.78 is 152. The maximum Gasteiger partial charge on any atom is 0.460 e. The summed E-state index contributed by atoms with van der Waals surface area (Å²) >= 11 is 0. The Balaban J connectivity index is 2.57. The highest BCUT2D eigenvalue weighted by Crippen LogP contribution is 2.58. The topological polar surface area (TPSA) is 21.6 Å². The van der Waals surface area contributed by atoms with E-state index in [0.717, 1.165) is 24.3 Å². The fraction of sp³-hybridized carbons (Fsp3) is 0.250. The van der Waals surface area contributed by atoms with Gasteiger partial charge in [0.25, 0.3) is 0 Å². The van der Waals surface area contributed by atoms with Crippen molar-refractivity contribution >= 4 is 11.9 Å². The van der Waals surface area contributed by atoms with Crippen molar-refractivity contribution in [1.82, 2.24) is 0 Å². The van der Waals surface area contributed by atoms with Crippen LogP contribution in [0.2, 0.25) is 0 Å². The first-order valence-corrected chi connectivity index (χ1v) is 8.66. The van der Waals surface area contributed by atoms with Crippen LogP contribution < -0.4 is 4.74 Å². The van der Waals surface area contributed by atoms with Gasteiger partial charge in [-0.15, -0.1) is 0 Å². The standard InChI is InChI=1S/C20H12F11NO/c21-16(22,17(23,24)18(25,26)19(27,28)20(29,30)31)15(33-14-9-5-2-6-10-14)11-12-32-13-7-3-1-4-8-13/h1-12H/b15-11-,32-12?.